The van der Waals surface area contributed by atoms with Crippen molar-refractivity contribution in [3.8, 4) is 0 Å². The van der Waals surface area contributed by atoms with Crippen molar-refractivity contribution in [2.45, 2.75) is 19.8 Å². The number of rotatable bonds is 4. The van der Waals surface area contributed by atoms with Gasteiger partial charge < -0.3 is 5.11 Å². The van der Waals surface area contributed by atoms with Gasteiger partial charge in [0.2, 0.25) is 0 Å². The van der Waals surface area contributed by atoms with Crippen LogP contribution in [0.2, 0.25) is 0 Å². The molecular formula is C12H16N2O2. The summed E-state index contributed by atoms with van der Waals surface area (Å²) < 4.78 is 1.58. The average molecular weight is 220 g/mol. The summed E-state index contributed by atoms with van der Waals surface area (Å²) in [6.07, 6.45) is 3.70. The van der Waals surface area contributed by atoms with Crippen molar-refractivity contribution in [1.29, 1.82) is 0 Å². The summed E-state index contributed by atoms with van der Waals surface area (Å²) in [6.45, 7) is 7.43. The van der Waals surface area contributed by atoms with Crippen LogP contribution in [-0.2, 0) is 11.8 Å². The Morgan fingerprint density at radius 3 is 2.69 bits per heavy atom. The molecule has 1 N–H and O–H groups in total. The largest absolute Gasteiger partial charge is 0.515 e. The van der Waals surface area contributed by atoms with Crippen LogP contribution < -0.4 is 0 Å². The molecule has 0 amide bonds. The normalized spacial score (nSPS) is 11.9. The standard InChI is InChI=1S/C12H16N2O2/c1-5-11(16)10(7-15)12-9(8(2)3)6-13-14(12)4/h5-8,15H,1H2,2-4H3/b10-7-. The van der Waals surface area contributed by atoms with Gasteiger partial charge in [-0.25, -0.2) is 0 Å². The zero-order valence-electron chi connectivity index (χ0n) is 9.77. The molecule has 0 spiro atoms. The van der Waals surface area contributed by atoms with Gasteiger partial charge in [-0.3, -0.25) is 9.48 Å². The number of aryl methyl sites for hydroxylation is 1. The first-order valence-corrected chi connectivity index (χ1v) is 5.06. The van der Waals surface area contributed by atoms with Gasteiger partial charge >= 0.3 is 0 Å². The Balaban J connectivity index is 3.35. The number of aromatic nitrogens is 2. The highest BCUT2D eigenvalue weighted by molar-refractivity contribution is 6.25. The first-order chi connectivity index (χ1) is 7.52. The molecule has 0 radical (unpaired) electrons. The summed E-state index contributed by atoms with van der Waals surface area (Å²) in [6, 6.07) is 0. The van der Waals surface area contributed by atoms with E-state index < -0.39 is 0 Å². The zero-order valence-corrected chi connectivity index (χ0v) is 9.77. The van der Waals surface area contributed by atoms with Crippen LogP contribution >= 0.6 is 0 Å². The predicted octanol–water partition coefficient (Wildman–Crippen LogP) is 2.20. The highest BCUT2D eigenvalue weighted by Gasteiger charge is 2.19. The maximum Gasteiger partial charge on any atom is 0.190 e. The van der Waals surface area contributed by atoms with Crippen LogP contribution in [0.4, 0.5) is 0 Å². The molecule has 0 aliphatic rings. The molecule has 0 saturated carbocycles. The van der Waals surface area contributed by atoms with E-state index in [1.54, 1.807) is 17.9 Å². The molecular weight excluding hydrogens is 204 g/mol. The van der Waals surface area contributed by atoms with Crippen LogP contribution in [0.5, 0.6) is 0 Å². The van der Waals surface area contributed by atoms with Crippen LogP contribution in [0.1, 0.15) is 31.0 Å². The lowest BCUT2D eigenvalue weighted by molar-refractivity contribution is -0.109. The van der Waals surface area contributed by atoms with Gasteiger partial charge in [0.15, 0.2) is 5.78 Å². The number of hydrogen-bond acceptors (Lipinski definition) is 3. The van der Waals surface area contributed by atoms with Gasteiger partial charge in [0.25, 0.3) is 0 Å². The second-order valence-corrected chi connectivity index (χ2v) is 3.84. The van der Waals surface area contributed by atoms with E-state index in [1.807, 2.05) is 13.8 Å². The van der Waals surface area contributed by atoms with Crippen LogP contribution in [0.25, 0.3) is 5.57 Å². The first kappa shape index (κ1) is 12.2. The molecule has 1 rings (SSSR count). The van der Waals surface area contributed by atoms with Crippen molar-refractivity contribution in [3.63, 3.8) is 0 Å². The molecule has 86 valence electrons. The third-order valence-corrected chi connectivity index (χ3v) is 2.42. The summed E-state index contributed by atoms with van der Waals surface area (Å²) in [7, 11) is 1.74. The molecule has 1 heterocycles. The SMILES string of the molecule is C=CC(=O)/C(=C/O)c1c(C(C)C)cnn1C. The van der Waals surface area contributed by atoms with Crippen molar-refractivity contribution >= 4 is 11.4 Å². The minimum atomic E-state index is -0.312. The van der Waals surface area contributed by atoms with E-state index in [1.165, 1.54) is 6.08 Å². The van der Waals surface area contributed by atoms with Gasteiger partial charge in [0.05, 0.1) is 23.7 Å². The van der Waals surface area contributed by atoms with E-state index in [-0.39, 0.29) is 17.3 Å². The molecule has 0 aliphatic carbocycles. The third-order valence-electron chi connectivity index (χ3n) is 2.42. The lowest BCUT2D eigenvalue weighted by atomic mass is 9.98. The Morgan fingerprint density at radius 2 is 2.25 bits per heavy atom. The monoisotopic (exact) mass is 220 g/mol. The second kappa shape index (κ2) is 4.79. The quantitative estimate of drug-likeness (QED) is 0.625. The zero-order chi connectivity index (χ0) is 12.3. The van der Waals surface area contributed by atoms with E-state index in [0.717, 1.165) is 11.8 Å². The molecule has 0 atom stereocenters. The molecule has 4 nitrogen and oxygen atoms in total. The number of carbonyl (C=O) groups is 1. The van der Waals surface area contributed by atoms with E-state index in [0.29, 0.717) is 5.69 Å². The van der Waals surface area contributed by atoms with Gasteiger partial charge in [0.1, 0.15) is 0 Å². The lowest BCUT2D eigenvalue weighted by Crippen LogP contribution is -2.07. The van der Waals surface area contributed by atoms with E-state index in [2.05, 4.69) is 11.7 Å². The molecule has 1 aromatic rings. The van der Waals surface area contributed by atoms with E-state index in [9.17, 15) is 4.79 Å². The second-order valence-electron chi connectivity index (χ2n) is 3.84. The van der Waals surface area contributed by atoms with Crippen LogP contribution in [0.15, 0.2) is 25.1 Å². The molecule has 0 bridgehead atoms. The Kier molecular flexibility index (Phi) is 3.66. The summed E-state index contributed by atoms with van der Waals surface area (Å²) in [5, 5.41) is 13.3. The number of allylic oxidation sites excluding steroid dienone is 2. The number of ketones is 1. The Hall–Kier alpha value is -1.84. The Morgan fingerprint density at radius 1 is 1.62 bits per heavy atom. The van der Waals surface area contributed by atoms with Gasteiger partial charge in [-0.2, -0.15) is 5.10 Å². The summed E-state index contributed by atoms with van der Waals surface area (Å²) in [5.74, 6) is -0.0794. The minimum absolute atomic E-state index is 0.221. The maximum atomic E-state index is 11.6. The van der Waals surface area contributed by atoms with Crippen molar-refractivity contribution in [1.82, 2.24) is 9.78 Å². The molecule has 0 unspecified atom stereocenters. The smallest absolute Gasteiger partial charge is 0.190 e. The van der Waals surface area contributed by atoms with Gasteiger partial charge in [-0.05, 0) is 12.0 Å². The fraction of sp³-hybridized carbons (Fsp3) is 0.333. The fourth-order valence-corrected chi connectivity index (χ4v) is 1.56. The van der Waals surface area contributed by atoms with Crippen molar-refractivity contribution in [3.05, 3.63) is 36.4 Å². The highest BCUT2D eigenvalue weighted by atomic mass is 16.2. The van der Waals surface area contributed by atoms with Crippen LogP contribution in [0, 0.1) is 0 Å². The van der Waals surface area contributed by atoms with Crippen LogP contribution in [-0.4, -0.2) is 20.7 Å². The average Bonchev–Trinajstić information content (AvgIpc) is 2.62. The van der Waals surface area contributed by atoms with Crippen molar-refractivity contribution < 1.29 is 9.90 Å². The molecule has 0 aliphatic heterocycles. The summed E-state index contributed by atoms with van der Waals surface area (Å²) in [5.41, 5.74) is 1.79. The topological polar surface area (TPSA) is 55.1 Å². The highest BCUT2D eigenvalue weighted by Crippen LogP contribution is 2.25. The van der Waals surface area contributed by atoms with Gasteiger partial charge in [0, 0.05) is 12.6 Å². The van der Waals surface area contributed by atoms with E-state index in [4.69, 9.17) is 5.11 Å². The third kappa shape index (κ3) is 2.05. The predicted molar refractivity (Wildman–Crippen MR) is 63.1 cm³/mol. The van der Waals surface area contributed by atoms with Crippen molar-refractivity contribution in [2.24, 2.45) is 7.05 Å². The van der Waals surface area contributed by atoms with Crippen LogP contribution in [0.3, 0.4) is 0 Å². The first-order valence-electron chi connectivity index (χ1n) is 5.06. The van der Waals surface area contributed by atoms with E-state index >= 15 is 0 Å². The Labute approximate surface area is 94.9 Å². The molecule has 0 fully saturated rings. The fourth-order valence-electron chi connectivity index (χ4n) is 1.56. The molecule has 0 aromatic carbocycles. The number of hydrogen-bond donors (Lipinski definition) is 1. The molecule has 16 heavy (non-hydrogen) atoms. The van der Waals surface area contributed by atoms with Gasteiger partial charge in [-0.1, -0.05) is 20.4 Å². The minimum Gasteiger partial charge on any atom is -0.515 e. The van der Waals surface area contributed by atoms with Gasteiger partial charge in [-0.15, -0.1) is 0 Å². The number of carbonyl (C=O) groups excluding carboxylic acids is 1. The molecule has 0 saturated heterocycles. The number of aliphatic hydroxyl groups excluding tert-OH is 1. The number of nitrogens with zero attached hydrogens (tertiary/aromatic N) is 2. The summed E-state index contributed by atoms with van der Waals surface area (Å²) >= 11 is 0. The Bertz CT molecular complexity index is 442. The maximum absolute atomic E-state index is 11.6. The summed E-state index contributed by atoms with van der Waals surface area (Å²) in [4.78, 5) is 11.6. The van der Waals surface area contributed by atoms with Crippen molar-refractivity contribution in [2.75, 3.05) is 0 Å². The molecule has 4 heteroatoms. The lowest BCUT2D eigenvalue weighted by Gasteiger charge is -2.09. The molecule has 1 aromatic heterocycles. The number of aliphatic hydroxyl groups is 1.